The van der Waals surface area contributed by atoms with Gasteiger partial charge in [0.1, 0.15) is 11.3 Å². The largest absolute Gasteiger partial charge is 0.325 e. The fourth-order valence-electron chi connectivity index (χ4n) is 4.99. The van der Waals surface area contributed by atoms with Crippen molar-refractivity contribution in [2.24, 2.45) is 0 Å². The molecule has 0 aliphatic heterocycles. The fourth-order valence-corrected chi connectivity index (χ4v) is 4.99. The number of aryl methyl sites for hydroxylation is 1. The van der Waals surface area contributed by atoms with Gasteiger partial charge in [0.15, 0.2) is 0 Å². The van der Waals surface area contributed by atoms with Crippen LogP contribution < -0.4 is 0 Å². The van der Waals surface area contributed by atoms with Crippen LogP contribution in [-0.2, 0) is 0 Å². The SMILES string of the molecule is C/C=C(/C(C)=N)c1cc2ncc3nc(C4CCCCC4)n(C(C)C)c3c2cc1C. The maximum atomic E-state index is 8.13. The quantitative estimate of drug-likeness (QED) is 0.491. The molecule has 0 unspecified atom stereocenters. The van der Waals surface area contributed by atoms with Gasteiger partial charge in [0.2, 0.25) is 0 Å². The molecule has 4 rings (SSSR count). The highest BCUT2D eigenvalue weighted by Gasteiger charge is 2.25. The Labute approximate surface area is 173 Å². The summed E-state index contributed by atoms with van der Waals surface area (Å²) in [6.07, 6.45) is 10.4. The van der Waals surface area contributed by atoms with Gasteiger partial charge in [-0.05, 0) is 76.3 Å². The fraction of sp³-hybridized carbons (Fsp3) is 0.480. The molecule has 29 heavy (non-hydrogen) atoms. The Morgan fingerprint density at radius 2 is 1.90 bits per heavy atom. The van der Waals surface area contributed by atoms with Crippen molar-refractivity contribution in [2.75, 3.05) is 0 Å². The van der Waals surface area contributed by atoms with Gasteiger partial charge in [0.25, 0.3) is 0 Å². The van der Waals surface area contributed by atoms with Crippen LogP contribution in [0.15, 0.2) is 24.4 Å². The Morgan fingerprint density at radius 1 is 1.17 bits per heavy atom. The van der Waals surface area contributed by atoms with Crippen LogP contribution in [0.1, 0.15) is 88.7 Å². The maximum Gasteiger partial charge on any atom is 0.113 e. The molecule has 0 atom stereocenters. The summed E-state index contributed by atoms with van der Waals surface area (Å²) in [5.41, 5.74) is 7.05. The predicted molar refractivity (Wildman–Crippen MR) is 123 cm³/mol. The number of aromatic nitrogens is 3. The van der Waals surface area contributed by atoms with Crippen LogP contribution in [0.4, 0.5) is 0 Å². The summed E-state index contributed by atoms with van der Waals surface area (Å²) in [6.45, 7) is 10.5. The van der Waals surface area contributed by atoms with Crippen molar-refractivity contribution in [3.05, 3.63) is 41.4 Å². The zero-order chi connectivity index (χ0) is 20.7. The van der Waals surface area contributed by atoms with Crippen molar-refractivity contribution in [2.45, 2.75) is 78.7 Å². The van der Waals surface area contributed by atoms with Gasteiger partial charge in [-0.25, -0.2) is 4.98 Å². The van der Waals surface area contributed by atoms with Crippen molar-refractivity contribution in [1.29, 1.82) is 5.41 Å². The van der Waals surface area contributed by atoms with Crippen molar-refractivity contribution in [3.8, 4) is 0 Å². The van der Waals surface area contributed by atoms with Gasteiger partial charge in [-0.2, -0.15) is 0 Å². The molecule has 0 saturated heterocycles. The van der Waals surface area contributed by atoms with E-state index in [0.29, 0.717) is 17.7 Å². The number of hydrogen-bond donors (Lipinski definition) is 1. The van der Waals surface area contributed by atoms with Gasteiger partial charge in [0.05, 0.1) is 17.2 Å². The molecule has 0 bridgehead atoms. The standard InChI is InChI=1S/C25H32N4/c1-6-19(17(5)26)20-13-22-21(12-16(20)4)24-23(14-27-22)28-25(29(24)15(2)3)18-10-8-7-9-11-18/h6,12-15,18,26H,7-11H2,1-5H3/b19-6-,26-17?. The lowest BCUT2D eigenvalue weighted by atomic mass is 9.88. The highest BCUT2D eigenvalue weighted by Crippen LogP contribution is 2.38. The van der Waals surface area contributed by atoms with Crippen LogP contribution in [0.25, 0.3) is 27.5 Å². The Morgan fingerprint density at radius 3 is 2.52 bits per heavy atom. The maximum absolute atomic E-state index is 8.13. The van der Waals surface area contributed by atoms with E-state index < -0.39 is 0 Å². The highest BCUT2D eigenvalue weighted by atomic mass is 15.1. The summed E-state index contributed by atoms with van der Waals surface area (Å²) in [5.74, 6) is 1.80. The van der Waals surface area contributed by atoms with E-state index >= 15 is 0 Å². The summed E-state index contributed by atoms with van der Waals surface area (Å²) < 4.78 is 2.47. The highest BCUT2D eigenvalue weighted by molar-refractivity contribution is 6.22. The van der Waals surface area contributed by atoms with E-state index in [9.17, 15) is 0 Å². The molecule has 152 valence electrons. The second-order valence-corrected chi connectivity index (χ2v) is 8.77. The van der Waals surface area contributed by atoms with E-state index in [4.69, 9.17) is 15.4 Å². The van der Waals surface area contributed by atoms with Gasteiger partial charge in [0, 0.05) is 23.1 Å². The molecule has 1 aromatic carbocycles. The van der Waals surface area contributed by atoms with Crippen LogP contribution in [0.2, 0.25) is 0 Å². The molecule has 1 saturated carbocycles. The number of imidazole rings is 1. The van der Waals surface area contributed by atoms with E-state index in [1.165, 1.54) is 54.4 Å². The van der Waals surface area contributed by atoms with Gasteiger partial charge in [-0.1, -0.05) is 25.3 Å². The number of pyridine rings is 1. The monoisotopic (exact) mass is 388 g/mol. The lowest BCUT2D eigenvalue weighted by Gasteiger charge is -2.24. The predicted octanol–water partition coefficient (Wildman–Crippen LogP) is 6.96. The molecule has 3 aromatic rings. The molecular formula is C25H32N4. The molecule has 1 aliphatic carbocycles. The van der Waals surface area contributed by atoms with E-state index in [0.717, 1.165) is 22.2 Å². The number of fused-ring (bicyclic) bond motifs is 3. The molecule has 4 heteroatoms. The third kappa shape index (κ3) is 3.39. The van der Waals surface area contributed by atoms with Crippen molar-refractivity contribution in [3.63, 3.8) is 0 Å². The molecule has 1 N–H and O–H groups in total. The topological polar surface area (TPSA) is 54.6 Å². The number of nitrogens with one attached hydrogen (secondary N) is 1. The first-order chi connectivity index (χ1) is 13.9. The second kappa shape index (κ2) is 7.74. The Bertz CT molecular complexity index is 1110. The molecule has 2 heterocycles. The van der Waals surface area contributed by atoms with Gasteiger partial charge < -0.3 is 9.98 Å². The Balaban J connectivity index is 1.98. The first kappa shape index (κ1) is 19.8. The van der Waals surface area contributed by atoms with Crippen LogP contribution in [0.3, 0.4) is 0 Å². The Kier molecular flexibility index (Phi) is 5.28. The van der Waals surface area contributed by atoms with Crippen molar-refractivity contribution in [1.82, 2.24) is 14.5 Å². The van der Waals surface area contributed by atoms with Crippen molar-refractivity contribution < 1.29 is 0 Å². The minimum Gasteiger partial charge on any atom is -0.325 e. The number of nitrogens with zero attached hydrogens (tertiary/aromatic N) is 3. The molecular weight excluding hydrogens is 356 g/mol. The minimum absolute atomic E-state index is 0.359. The summed E-state index contributed by atoms with van der Waals surface area (Å²) in [4.78, 5) is 9.87. The minimum atomic E-state index is 0.359. The number of rotatable bonds is 4. The number of hydrogen-bond acceptors (Lipinski definition) is 3. The van der Waals surface area contributed by atoms with E-state index in [2.05, 4.69) is 37.5 Å². The lowest BCUT2D eigenvalue weighted by molar-refractivity contribution is 0.409. The van der Waals surface area contributed by atoms with Crippen molar-refractivity contribution >= 4 is 33.2 Å². The van der Waals surface area contributed by atoms with E-state index in [-0.39, 0.29) is 0 Å². The molecule has 2 aromatic heterocycles. The smallest absolute Gasteiger partial charge is 0.113 e. The first-order valence-electron chi connectivity index (χ1n) is 11.0. The zero-order valence-corrected chi connectivity index (χ0v) is 18.3. The molecule has 0 radical (unpaired) electrons. The summed E-state index contributed by atoms with van der Waals surface area (Å²) in [6, 6.07) is 4.75. The molecule has 0 spiro atoms. The third-order valence-electron chi connectivity index (χ3n) is 6.36. The second-order valence-electron chi connectivity index (χ2n) is 8.77. The third-order valence-corrected chi connectivity index (χ3v) is 6.36. The molecule has 4 nitrogen and oxygen atoms in total. The van der Waals surface area contributed by atoms with Crippen LogP contribution in [-0.4, -0.2) is 20.2 Å². The van der Waals surface area contributed by atoms with Gasteiger partial charge in [-0.15, -0.1) is 0 Å². The van der Waals surface area contributed by atoms with E-state index in [1.54, 1.807) is 0 Å². The summed E-state index contributed by atoms with van der Waals surface area (Å²) >= 11 is 0. The van der Waals surface area contributed by atoms with Gasteiger partial charge >= 0.3 is 0 Å². The molecule has 0 amide bonds. The zero-order valence-electron chi connectivity index (χ0n) is 18.3. The van der Waals surface area contributed by atoms with E-state index in [1.807, 2.05) is 26.1 Å². The lowest BCUT2D eigenvalue weighted by Crippen LogP contribution is -2.13. The number of benzene rings is 1. The van der Waals surface area contributed by atoms with Crippen LogP contribution in [0, 0.1) is 12.3 Å². The number of allylic oxidation sites excluding steroid dienone is 2. The Hall–Kier alpha value is -2.49. The molecule has 1 aliphatic rings. The average molecular weight is 389 g/mol. The molecule has 1 fully saturated rings. The van der Waals surface area contributed by atoms with Crippen LogP contribution in [0.5, 0.6) is 0 Å². The van der Waals surface area contributed by atoms with Gasteiger partial charge in [-0.3, -0.25) is 4.98 Å². The summed E-state index contributed by atoms with van der Waals surface area (Å²) in [5, 5.41) is 9.30. The normalized spacial score (nSPS) is 16.3. The summed E-state index contributed by atoms with van der Waals surface area (Å²) in [7, 11) is 0. The first-order valence-corrected chi connectivity index (χ1v) is 11.0. The van der Waals surface area contributed by atoms with Crippen LogP contribution >= 0.6 is 0 Å². The average Bonchev–Trinajstić information content (AvgIpc) is 3.10.